The van der Waals surface area contributed by atoms with Crippen molar-refractivity contribution in [2.45, 2.75) is 32.6 Å². The lowest BCUT2D eigenvalue weighted by Gasteiger charge is -2.27. The van der Waals surface area contributed by atoms with E-state index in [0.29, 0.717) is 19.0 Å². The molecule has 1 aliphatic rings. The van der Waals surface area contributed by atoms with Gasteiger partial charge in [0.2, 0.25) is 0 Å². The summed E-state index contributed by atoms with van der Waals surface area (Å²) in [6.45, 7) is 6.19. The topological polar surface area (TPSA) is 64.0 Å². The average molecular weight is 282 g/mol. The number of unbranched alkanes of at least 4 members (excludes halogenated alkanes) is 1. The number of amides is 1. The van der Waals surface area contributed by atoms with Crippen molar-refractivity contribution in [2.24, 2.45) is 5.92 Å². The van der Waals surface area contributed by atoms with E-state index in [1.807, 2.05) is 0 Å². The third-order valence-corrected chi connectivity index (χ3v) is 3.71. The first kappa shape index (κ1) is 16.8. The minimum absolute atomic E-state index is 0.210. The lowest BCUT2D eigenvalue weighted by atomic mass is 9.97. The summed E-state index contributed by atoms with van der Waals surface area (Å²) < 4.78 is 0. The number of likely N-dealkylation sites (N-methyl/N-ethyl adjacent to an activating group) is 1. The predicted molar refractivity (Wildman–Crippen MR) is 78.5 cm³/mol. The molecule has 0 radical (unpaired) electrons. The van der Waals surface area contributed by atoms with Crippen molar-refractivity contribution >= 4 is 6.09 Å². The molecular weight excluding hydrogens is 256 g/mol. The minimum Gasteiger partial charge on any atom is -0.465 e. The van der Waals surface area contributed by atoms with Gasteiger partial charge in [-0.25, -0.2) is 4.79 Å². The van der Waals surface area contributed by atoms with Crippen LogP contribution in [0.5, 0.6) is 0 Å². The summed E-state index contributed by atoms with van der Waals surface area (Å²) in [6, 6.07) is 0. The van der Waals surface area contributed by atoms with Crippen LogP contribution in [0.2, 0.25) is 0 Å². The number of likely N-dealkylation sites (tertiary alicyclic amines) is 1. The van der Waals surface area contributed by atoms with Gasteiger partial charge in [0.25, 0.3) is 0 Å². The second-order valence-corrected chi connectivity index (χ2v) is 5.13. The standard InChI is InChI=1S/C15H26N2O3/c1-2-16(12-13-18)9-5-3-4-6-14-7-10-17(11-8-14)15(19)20/h14,18H,2-3,5,7-13H2,1H3,(H,19,20). The molecule has 0 spiro atoms. The van der Waals surface area contributed by atoms with Gasteiger partial charge in [-0.2, -0.15) is 0 Å². The fourth-order valence-electron chi connectivity index (χ4n) is 2.39. The Morgan fingerprint density at radius 2 is 2.05 bits per heavy atom. The molecule has 114 valence electrons. The van der Waals surface area contributed by atoms with Gasteiger partial charge in [-0.3, -0.25) is 0 Å². The molecule has 1 fully saturated rings. The summed E-state index contributed by atoms with van der Waals surface area (Å²) in [5.41, 5.74) is 0. The third kappa shape index (κ3) is 6.27. The van der Waals surface area contributed by atoms with Gasteiger partial charge < -0.3 is 20.0 Å². The van der Waals surface area contributed by atoms with Crippen molar-refractivity contribution in [3.63, 3.8) is 0 Å². The minimum atomic E-state index is -0.819. The fraction of sp³-hybridized carbons (Fsp3) is 0.800. The van der Waals surface area contributed by atoms with Crippen molar-refractivity contribution in [3.8, 4) is 11.8 Å². The van der Waals surface area contributed by atoms with Crippen LogP contribution >= 0.6 is 0 Å². The molecule has 5 nitrogen and oxygen atoms in total. The van der Waals surface area contributed by atoms with Crippen LogP contribution < -0.4 is 0 Å². The second-order valence-electron chi connectivity index (χ2n) is 5.13. The molecule has 5 heteroatoms. The first-order chi connectivity index (χ1) is 9.67. The SMILES string of the molecule is CCN(CCO)CCCC#CC1CCN(C(=O)O)CC1. The molecule has 0 atom stereocenters. The summed E-state index contributed by atoms with van der Waals surface area (Å²) >= 11 is 0. The molecule has 0 bridgehead atoms. The van der Waals surface area contributed by atoms with Crippen LogP contribution in [0, 0.1) is 17.8 Å². The molecule has 0 unspecified atom stereocenters. The Morgan fingerprint density at radius 3 is 2.60 bits per heavy atom. The van der Waals surface area contributed by atoms with E-state index in [9.17, 15) is 4.79 Å². The highest BCUT2D eigenvalue weighted by Gasteiger charge is 2.20. The molecule has 0 aromatic heterocycles. The number of hydrogen-bond donors (Lipinski definition) is 2. The predicted octanol–water partition coefficient (Wildman–Crippen LogP) is 1.47. The summed E-state index contributed by atoms with van der Waals surface area (Å²) in [5, 5.41) is 17.7. The van der Waals surface area contributed by atoms with Crippen molar-refractivity contribution < 1.29 is 15.0 Å². The zero-order valence-electron chi connectivity index (χ0n) is 12.3. The number of carboxylic acid groups (broad SMARTS) is 1. The summed E-state index contributed by atoms with van der Waals surface area (Å²) in [5.74, 6) is 6.84. The lowest BCUT2D eigenvalue weighted by Crippen LogP contribution is -2.37. The van der Waals surface area contributed by atoms with Crippen LogP contribution in [0.1, 0.15) is 32.6 Å². The van der Waals surface area contributed by atoms with E-state index in [-0.39, 0.29) is 6.61 Å². The lowest BCUT2D eigenvalue weighted by molar-refractivity contribution is 0.130. The molecule has 20 heavy (non-hydrogen) atoms. The third-order valence-electron chi connectivity index (χ3n) is 3.71. The molecule has 1 saturated heterocycles. The Labute approximate surface area is 121 Å². The van der Waals surface area contributed by atoms with E-state index in [4.69, 9.17) is 10.2 Å². The molecule has 0 saturated carbocycles. The van der Waals surface area contributed by atoms with E-state index >= 15 is 0 Å². The zero-order valence-corrected chi connectivity index (χ0v) is 12.3. The average Bonchev–Trinajstić information content (AvgIpc) is 2.46. The van der Waals surface area contributed by atoms with Crippen LogP contribution in [0.15, 0.2) is 0 Å². The quantitative estimate of drug-likeness (QED) is 0.572. The Balaban J connectivity index is 2.16. The van der Waals surface area contributed by atoms with Crippen LogP contribution in [-0.2, 0) is 0 Å². The molecule has 1 amide bonds. The van der Waals surface area contributed by atoms with Crippen molar-refractivity contribution in [2.75, 3.05) is 39.3 Å². The van der Waals surface area contributed by atoms with Gasteiger partial charge in [-0.15, -0.1) is 5.92 Å². The van der Waals surface area contributed by atoms with E-state index in [2.05, 4.69) is 23.7 Å². The number of nitrogens with zero attached hydrogens (tertiary/aromatic N) is 2. The summed E-state index contributed by atoms with van der Waals surface area (Å²) in [4.78, 5) is 14.5. The Kier molecular flexibility index (Phi) is 8.08. The molecule has 1 heterocycles. The molecule has 1 aliphatic heterocycles. The van der Waals surface area contributed by atoms with Gasteiger partial charge in [-0.1, -0.05) is 12.8 Å². The van der Waals surface area contributed by atoms with E-state index < -0.39 is 6.09 Å². The van der Waals surface area contributed by atoms with Crippen molar-refractivity contribution in [3.05, 3.63) is 0 Å². The van der Waals surface area contributed by atoms with Gasteiger partial charge in [0.1, 0.15) is 0 Å². The highest BCUT2D eigenvalue weighted by molar-refractivity contribution is 5.65. The maximum Gasteiger partial charge on any atom is 0.407 e. The number of rotatable bonds is 6. The highest BCUT2D eigenvalue weighted by Crippen LogP contribution is 2.16. The van der Waals surface area contributed by atoms with Crippen LogP contribution in [-0.4, -0.2) is 65.4 Å². The van der Waals surface area contributed by atoms with Gasteiger partial charge >= 0.3 is 6.09 Å². The number of aliphatic hydroxyl groups is 1. The highest BCUT2D eigenvalue weighted by atomic mass is 16.4. The smallest absolute Gasteiger partial charge is 0.407 e. The second kappa shape index (κ2) is 9.62. The largest absolute Gasteiger partial charge is 0.465 e. The van der Waals surface area contributed by atoms with Gasteiger partial charge in [0, 0.05) is 32.0 Å². The normalized spacial score (nSPS) is 16.1. The Bertz CT molecular complexity index is 341. The number of aliphatic hydroxyl groups excluding tert-OH is 1. The molecule has 0 aliphatic carbocycles. The molecular formula is C15H26N2O3. The summed E-state index contributed by atoms with van der Waals surface area (Å²) in [7, 11) is 0. The van der Waals surface area contributed by atoms with Gasteiger partial charge in [0.15, 0.2) is 0 Å². The summed E-state index contributed by atoms with van der Waals surface area (Å²) in [6.07, 6.45) is 2.78. The van der Waals surface area contributed by atoms with Crippen molar-refractivity contribution in [1.29, 1.82) is 0 Å². The Morgan fingerprint density at radius 1 is 1.35 bits per heavy atom. The first-order valence-electron chi connectivity index (χ1n) is 7.46. The molecule has 1 rings (SSSR count). The molecule has 0 aromatic carbocycles. The number of carbonyl (C=O) groups is 1. The van der Waals surface area contributed by atoms with E-state index in [1.165, 1.54) is 4.90 Å². The Hall–Kier alpha value is -1.25. The maximum atomic E-state index is 10.8. The van der Waals surface area contributed by atoms with Gasteiger partial charge in [0.05, 0.1) is 6.61 Å². The molecule has 2 N–H and O–H groups in total. The maximum absolute atomic E-state index is 10.8. The molecule has 0 aromatic rings. The van der Waals surface area contributed by atoms with Gasteiger partial charge in [-0.05, 0) is 32.4 Å². The number of piperidine rings is 1. The first-order valence-corrected chi connectivity index (χ1v) is 7.46. The van der Waals surface area contributed by atoms with Crippen molar-refractivity contribution in [1.82, 2.24) is 9.80 Å². The fourth-order valence-corrected chi connectivity index (χ4v) is 2.39. The van der Waals surface area contributed by atoms with Crippen LogP contribution in [0.4, 0.5) is 4.79 Å². The van der Waals surface area contributed by atoms with E-state index in [0.717, 1.165) is 45.3 Å². The van der Waals surface area contributed by atoms with Crippen LogP contribution in [0.25, 0.3) is 0 Å². The monoisotopic (exact) mass is 282 g/mol. The van der Waals surface area contributed by atoms with E-state index in [1.54, 1.807) is 0 Å². The zero-order chi connectivity index (χ0) is 14.8. The van der Waals surface area contributed by atoms with Crippen LogP contribution in [0.3, 0.4) is 0 Å². The number of hydrogen-bond acceptors (Lipinski definition) is 3.